The van der Waals surface area contributed by atoms with E-state index in [-0.39, 0.29) is 24.7 Å². The molecule has 0 aliphatic heterocycles. The van der Waals surface area contributed by atoms with Crippen LogP contribution in [0.1, 0.15) is 32.1 Å². The molecule has 2 rings (SSSR count). The molecule has 0 saturated heterocycles. The lowest BCUT2D eigenvalue weighted by Crippen LogP contribution is -2.30. The van der Waals surface area contributed by atoms with Gasteiger partial charge in [0.1, 0.15) is 17.6 Å². The second kappa shape index (κ2) is 6.55. The second-order valence-electron chi connectivity index (χ2n) is 5.24. The molecule has 21 heavy (non-hydrogen) atoms. The summed E-state index contributed by atoms with van der Waals surface area (Å²) >= 11 is 0. The van der Waals surface area contributed by atoms with E-state index < -0.39 is 11.4 Å². The average Bonchev–Trinajstić information content (AvgIpc) is 2.85. The largest absolute Gasteiger partial charge is 0.476 e. The van der Waals surface area contributed by atoms with Gasteiger partial charge in [0.15, 0.2) is 6.61 Å². The monoisotopic (exact) mass is 292 g/mol. The van der Waals surface area contributed by atoms with Crippen LogP contribution in [-0.2, 0) is 4.79 Å². The molecular weight excluding hydrogens is 275 g/mol. The number of hydrogen-bond acceptors (Lipinski definition) is 4. The molecule has 0 heterocycles. The standard InChI is InChI=1S/C15H17FN2O3/c16-11-3-4-12(13(9-11)21-8-7-17)18-14(19)10-15(20)5-1-2-6-15/h3-4,9,20H,1-2,5-6,8,10H2,(H,18,19). The molecule has 0 aromatic heterocycles. The third-order valence-electron chi connectivity index (χ3n) is 3.53. The van der Waals surface area contributed by atoms with E-state index in [2.05, 4.69) is 5.32 Å². The number of ether oxygens (including phenoxy) is 1. The van der Waals surface area contributed by atoms with E-state index in [1.54, 1.807) is 6.07 Å². The molecule has 2 N–H and O–H groups in total. The first kappa shape index (κ1) is 15.3. The summed E-state index contributed by atoms with van der Waals surface area (Å²) in [6.07, 6.45) is 3.05. The van der Waals surface area contributed by atoms with Crippen molar-refractivity contribution >= 4 is 11.6 Å². The summed E-state index contributed by atoms with van der Waals surface area (Å²) in [5, 5.41) is 21.3. The van der Waals surface area contributed by atoms with E-state index in [0.717, 1.165) is 18.9 Å². The summed E-state index contributed by atoms with van der Waals surface area (Å²) in [5.74, 6) is -0.772. The summed E-state index contributed by atoms with van der Waals surface area (Å²) in [4.78, 5) is 12.0. The van der Waals surface area contributed by atoms with Crippen LogP contribution in [-0.4, -0.2) is 23.2 Å². The normalized spacial score (nSPS) is 16.2. The molecule has 0 atom stereocenters. The summed E-state index contributed by atoms with van der Waals surface area (Å²) in [5.41, 5.74) is -0.657. The molecule has 1 fully saturated rings. The molecule has 1 amide bonds. The number of nitrogens with zero attached hydrogens (tertiary/aromatic N) is 1. The Morgan fingerprint density at radius 3 is 2.86 bits per heavy atom. The van der Waals surface area contributed by atoms with Gasteiger partial charge in [-0.15, -0.1) is 0 Å². The van der Waals surface area contributed by atoms with Crippen LogP contribution in [0.4, 0.5) is 10.1 Å². The maximum atomic E-state index is 13.2. The molecule has 1 saturated carbocycles. The zero-order chi connectivity index (χ0) is 15.3. The Balaban J connectivity index is 2.04. The molecule has 0 radical (unpaired) electrons. The van der Waals surface area contributed by atoms with Gasteiger partial charge in [-0.05, 0) is 25.0 Å². The SMILES string of the molecule is N#CCOc1cc(F)ccc1NC(=O)CC1(O)CCCC1. The fraction of sp³-hybridized carbons (Fsp3) is 0.467. The van der Waals surface area contributed by atoms with Crippen molar-refractivity contribution in [3.63, 3.8) is 0 Å². The molecule has 5 nitrogen and oxygen atoms in total. The highest BCUT2D eigenvalue weighted by Crippen LogP contribution is 2.33. The summed E-state index contributed by atoms with van der Waals surface area (Å²) in [6, 6.07) is 5.46. The van der Waals surface area contributed by atoms with Crippen LogP contribution in [0.3, 0.4) is 0 Å². The quantitative estimate of drug-likeness (QED) is 0.872. The predicted molar refractivity (Wildman–Crippen MR) is 74.2 cm³/mol. The maximum Gasteiger partial charge on any atom is 0.227 e. The Kier molecular flexibility index (Phi) is 4.76. The van der Waals surface area contributed by atoms with Gasteiger partial charge in [0.25, 0.3) is 0 Å². The number of carbonyl (C=O) groups excluding carboxylic acids is 1. The molecule has 0 unspecified atom stereocenters. The van der Waals surface area contributed by atoms with Crippen LogP contribution >= 0.6 is 0 Å². The third kappa shape index (κ3) is 4.17. The minimum absolute atomic E-state index is 0.00205. The van der Waals surface area contributed by atoms with Crippen LogP contribution in [0.25, 0.3) is 0 Å². The van der Waals surface area contributed by atoms with Crippen molar-refractivity contribution in [3.8, 4) is 11.8 Å². The minimum atomic E-state index is -0.947. The smallest absolute Gasteiger partial charge is 0.227 e. The Hall–Kier alpha value is -2.13. The zero-order valence-electron chi connectivity index (χ0n) is 11.6. The predicted octanol–water partition coefficient (Wildman–Crippen LogP) is 2.36. The molecule has 0 spiro atoms. The van der Waals surface area contributed by atoms with Crippen molar-refractivity contribution < 1.29 is 19.0 Å². The van der Waals surface area contributed by atoms with Gasteiger partial charge in [0, 0.05) is 6.07 Å². The third-order valence-corrected chi connectivity index (χ3v) is 3.53. The van der Waals surface area contributed by atoms with Gasteiger partial charge >= 0.3 is 0 Å². The molecule has 1 aromatic carbocycles. The van der Waals surface area contributed by atoms with Gasteiger partial charge in [-0.1, -0.05) is 12.8 Å². The number of rotatable bonds is 5. The molecular formula is C15H17FN2O3. The van der Waals surface area contributed by atoms with Crippen molar-refractivity contribution in [2.75, 3.05) is 11.9 Å². The van der Waals surface area contributed by atoms with Gasteiger partial charge in [-0.3, -0.25) is 4.79 Å². The highest BCUT2D eigenvalue weighted by Gasteiger charge is 2.33. The van der Waals surface area contributed by atoms with Crippen LogP contribution < -0.4 is 10.1 Å². The van der Waals surface area contributed by atoms with Crippen LogP contribution in [0.5, 0.6) is 5.75 Å². The fourth-order valence-corrected chi connectivity index (χ4v) is 2.53. The van der Waals surface area contributed by atoms with Crippen molar-refractivity contribution in [1.29, 1.82) is 5.26 Å². The maximum absolute atomic E-state index is 13.2. The Morgan fingerprint density at radius 1 is 1.48 bits per heavy atom. The van der Waals surface area contributed by atoms with E-state index in [1.807, 2.05) is 0 Å². The number of nitrogens with one attached hydrogen (secondary N) is 1. The Morgan fingerprint density at radius 2 is 2.19 bits per heavy atom. The van der Waals surface area contributed by atoms with Gasteiger partial charge in [0.05, 0.1) is 17.7 Å². The van der Waals surface area contributed by atoms with E-state index in [4.69, 9.17) is 10.00 Å². The van der Waals surface area contributed by atoms with Gasteiger partial charge in [-0.2, -0.15) is 5.26 Å². The lowest BCUT2D eigenvalue weighted by atomic mass is 9.97. The first-order valence-electron chi connectivity index (χ1n) is 6.84. The average molecular weight is 292 g/mol. The van der Waals surface area contributed by atoms with Gasteiger partial charge in [-0.25, -0.2) is 4.39 Å². The van der Waals surface area contributed by atoms with E-state index in [9.17, 15) is 14.3 Å². The first-order valence-corrected chi connectivity index (χ1v) is 6.84. The first-order chi connectivity index (χ1) is 10.0. The van der Waals surface area contributed by atoms with Crippen LogP contribution in [0, 0.1) is 17.1 Å². The molecule has 1 aliphatic rings. The minimum Gasteiger partial charge on any atom is -0.476 e. The topological polar surface area (TPSA) is 82.3 Å². The van der Waals surface area contributed by atoms with Crippen molar-refractivity contribution in [2.45, 2.75) is 37.7 Å². The number of carbonyl (C=O) groups is 1. The second-order valence-corrected chi connectivity index (χ2v) is 5.24. The number of halogens is 1. The molecule has 1 aliphatic carbocycles. The summed E-state index contributed by atoms with van der Waals surface area (Å²) in [6.45, 7) is -0.240. The number of aliphatic hydroxyl groups is 1. The van der Waals surface area contributed by atoms with E-state index in [0.29, 0.717) is 18.5 Å². The van der Waals surface area contributed by atoms with Crippen molar-refractivity contribution in [1.82, 2.24) is 0 Å². The lowest BCUT2D eigenvalue weighted by molar-refractivity contribution is -0.120. The summed E-state index contributed by atoms with van der Waals surface area (Å²) in [7, 11) is 0. The van der Waals surface area contributed by atoms with Crippen molar-refractivity contribution in [3.05, 3.63) is 24.0 Å². The van der Waals surface area contributed by atoms with Crippen molar-refractivity contribution in [2.24, 2.45) is 0 Å². The highest BCUT2D eigenvalue weighted by atomic mass is 19.1. The highest BCUT2D eigenvalue weighted by molar-refractivity contribution is 5.92. The molecule has 1 aromatic rings. The number of amides is 1. The number of nitriles is 1. The lowest BCUT2D eigenvalue weighted by Gasteiger charge is -2.21. The Bertz CT molecular complexity index is 563. The summed E-state index contributed by atoms with van der Waals surface area (Å²) < 4.78 is 18.3. The van der Waals surface area contributed by atoms with Gasteiger partial charge < -0.3 is 15.2 Å². The number of hydrogen-bond donors (Lipinski definition) is 2. The molecule has 6 heteroatoms. The fourth-order valence-electron chi connectivity index (χ4n) is 2.53. The number of anilines is 1. The van der Waals surface area contributed by atoms with E-state index >= 15 is 0 Å². The van der Waals surface area contributed by atoms with Crippen LogP contribution in [0.2, 0.25) is 0 Å². The van der Waals surface area contributed by atoms with Crippen LogP contribution in [0.15, 0.2) is 18.2 Å². The van der Waals surface area contributed by atoms with E-state index in [1.165, 1.54) is 12.1 Å². The number of benzene rings is 1. The molecule has 112 valence electrons. The Labute approximate surface area is 122 Å². The molecule has 0 bridgehead atoms. The van der Waals surface area contributed by atoms with Gasteiger partial charge in [0.2, 0.25) is 5.91 Å². The zero-order valence-corrected chi connectivity index (χ0v) is 11.6.